The van der Waals surface area contributed by atoms with Crippen molar-refractivity contribution in [3.05, 3.63) is 41.0 Å². The molecule has 0 spiro atoms. The first-order chi connectivity index (χ1) is 7.97. The Bertz CT molecular complexity index is 516. The van der Waals surface area contributed by atoms with Gasteiger partial charge in [-0.3, -0.25) is 4.79 Å². The smallest absolute Gasteiger partial charge is 0.264 e. The molecule has 0 heterocycles. The maximum absolute atomic E-state index is 13.3. The van der Waals surface area contributed by atoms with Crippen LogP contribution in [0.1, 0.15) is 5.56 Å². The predicted molar refractivity (Wildman–Crippen MR) is 58.6 cm³/mol. The van der Waals surface area contributed by atoms with E-state index >= 15 is 0 Å². The van der Waals surface area contributed by atoms with Gasteiger partial charge in [0.15, 0.2) is 11.6 Å². The molecule has 1 aromatic carbocycles. The third-order valence-corrected chi connectivity index (χ3v) is 2.04. The van der Waals surface area contributed by atoms with Gasteiger partial charge >= 0.3 is 0 Å². The highest BCUT2D eigenvalue weighted by atomic mass is 19.2. The average molecular weight is 236 g/mol. The van der Waals surface area contributed by atoms with E-state index in [9.17, 15) is 13.6 Å². The largest absolute Gasteiger partial charge is 0.344 e. The second kappa shape index (κ2) is 5.21. The molecule has 0 bridgehead atoms. The summed E-state index contributed by atoms with van der Waals surface area (Å²) < 4.78 is 26.2. The lowest BCUT2D eigenvalue weighted by Crippen LogP contribution is -2.22. The van der Waals surface area contributed by atoms with Crippen molar-refractivity contribution in [3.8, 4) is 6.07 Å². The minimum atomic E-state index is -1.08. The molecule has 5 heteroatoms. The van der Waals surface area contributed by atoms with Gasteiger partial charge in [0.2, 0.25) is 0 Å². The van der Waals surface area contributed by atoms with E-state index in [1.807, 2.05) is 0 Å². The summed E-state index contributed by atoms with van der Waals surface area (Å²) in [5.41, 5.74) is -0.378. The Morgan fingerprint density at radius 1 is 1.41 bits per heavy atom. The first-order valence-corrected chi connectivity index (χ1v) is 4.75. The second-order valence-electron chi connectivity index (χ2n) is 3.51. The van der Waals surface area contributed by atoms with Gasteiger partial charge in [0, 0.05) is 19.7 Å². The quantitative estimate of drug-likeness (QED) is 0.582. The molecule has 1 amide bonds. The SMILES string of the molecule is CN(C)C(=O)/C(C#N)=C/c1cccc(F)c1F. The summed E-state index contributed by atoms with van der Waals surface area (Å²) >= 11 is 0. The minimum Gasteiger partial charge on any atom is -0.344 e. The van der Waals surface area contributed by atoms with Crippen molar-refractivity contribution in [3.63, 3.8) is 0 Å². The van der Waals surface area contributed by atoms with Crippen LogP contribution in [0, 0.1) is 23.0 Å². The van der Waals surface area contributed by atoms with Crippen molar-refractivity contribution in [1.82, 2.24) is 4.90 Å². The van der Waals surface area contributed by atoms with Gasteiger partial charge in [0.05, 0.1) is 0 Å². The van der Waals surface area contributed by atoms with E-state index in [0.29, 0.717) is 0 Å². The molecular formula is C12H10F2N2O. The summed E-state index contributed by atoms with van der Waals surface area (Å²) in [5, 5.41) is 8.78. The molecule has 3 nitrogen and oxygen atoms in total. The highest BCUT2D eigenvalue weighted by molar-refractivity contribution is 6.01. The van der Waals surface area contributed by atoms with Crippen LogP contribution in [0.3, 0.4) is 0 Å². The van der Waals surface area contributed by atoms with Gasteiger partial charge in [-0.2, -0.15) is 5.26 Å². The number of nitrogens with zero attached hydrogens (tertiary/aromatic N) is 2. The van der Waals surface area contributed by atoms with Gasteiger partial charge in [0.1, 0.15) is 11.6 Å². The van der Waals surface area contributed by atoms with Crippen molar-refractivity contribution >= 4 is 12.0 Å². The summed E-state index contributed by atoms with van der Waals surface area (Å²) in [6.45, 7) is 0. The fraction of sp³-hybridized carbons (Fsp3) is 0.167. The molecule has 0 atom stereocenters. The van der Waals surface area contributed by atoms with Crippen LogP contribution in [-0.2, 0) is 4.79 Å². The van der Waals surface area contributed by atoms with Crippen molar-refractivity contribution in [2.24, 2.45) is 0 Å². The molecule has 0 N–H and O–H groups in total. The van der Waals surface area contributed by atoms with Crippen LogP contribution in [0.25, 0.3) is 6.08 Å². The first-order valence-electron chi connectivity index (χ1n) is 4.75. The number of hydrogen-bond acceptors (Lipinski definition) is 2. The Morgan fingerprint density at radius 3 is 2.59 bits per heavy atom. The van der Waals surface area contributed by atoms with Gasteiger partial charge in [0.25, 0.3) is 5.91 Å². The number of benzene rings is 1. The zero-order valence-corrected chi connectivity index (χ0v) is 9.37. The molecular weight excluding hydrogens is 226 g/mol. The Labute approximate surface area is 97.6 Å². The van der Waals surface area contributed by atoms with Crippen molar-refractivity contribution < 1.29 is 13.6 Å². The van der Waals surface area contributed by atoms with Crippen molar-refractivity contribution in [1.29, 1.82) is 5.26 Å². The minimum absolute atomic E-state index is 0.128. The lowest BCUT2D eigenvalue weighted by molar-refractivity contribution is -0.124. The van der Waals surface area contributed by atoms with Crippen molar-refractivity contribution in [2.75, 3.05) is 14.1 Å². The van der Waals surface area contributed by atoms with E-state index in [1.54, 1.807) is 6.07 Å². The van der Waals surface area contributed by atoms with Gasteiger partial charge in [-0.15, -0.1) is 0 Å². The summed E-state index contributed by atoms with van der Waals surface area (Å²) in [5.74, 6) is -2.66. The maximum Gasteiger partial charge on any atom is 0.264 e. The fourth-order valence-corrected chi connectivity index (χ4v) is 1.17. The molecule has 1 aromatic rings. The van der Waals surface area contributed by atoms with Crippen LogP contribution >= 0.6 is 0 Å². The van der Waals surface area contributed by atoms with Crippen LogP contribution in [0.15, 0.2) is 23.8 Å². The number of likely N-dealkylation sites (N-methyl/N-ethyl adjacent to an activating group) is 1. The maximum atomic E-state index is 13.3. The summed E-state index contributed by atoms with van der Waals surface area (Å²) in [4.78, 5) is 12.7. The van der Waals surface area contributed by atoms with E-state index in [-0.39, 0.29) is 11.1 Å². The number of amides is 1. The monoisotopic (exact) mass is 236 g/mol. The normalized spacial score (nSPS) is 10.9. The summed E-state index contributed by atoms with van der Waals surface area (Å²) in [6, 6.07) is 5.22. The van der Waals surface area contributed by atoms with E-state index in [2.05, 4.69) is 0 Å². The van der Waals surface area contributed by atoms with E-state index in [0.717, 1.165) is 12.1 Å². The lowest BCUT2D eigenvalue weighted by atomic mass is 10.1. The third kappa shape index (κ3) is 2.88. The zero-order chi connectivity index (χ0) is 13.0. The fourth-order valence-electron chi connectivity index (χ4n) is 1.17. The van der Waals surface area contributed by atoms with E-state index < -0.39 is 17.5 Å². The number of carbonyl (C=O) groups is 1. The Kier molecular flexibility index (Phi) is 3.94. The highest BCUT2D eigenvalue weighted by Gasteiger charge is 2.13. The molecule has 0 aliphatic rings. The third-order valence-electron chi connectivity index (χ3n) is 2.04. The molecule has 0 aliphatic heterocycles. The van der Waals surface area contributed by atoms with Crippen LogP contribution in [0.2, 0.25) is 0 Å². The molecule has 88 valence electrons. The topological polar surface area (TPSA) is 44.1 Å². The number of rotatable bonds is 2. The first kappa shape index (κ1) is 12.8. The van der Waals surface area contributed by atoms with Crippen molar-refractivity contribution in [2.45, 2.75) is 0 Å². The van der Waals surface area contributed by atoms with Crippen LogP contribution in [0.5, 0.6) is 0 Å². The molecule has 0 saturated carbocycles. The van der Waals surface area contributed by atoms with Gasteiger partial charge in [-0.05, 0) is 12.1 Å². The molecule has 1 rings (SSSR count). The molecule has 0 fully saturated rings. The molecule has 0 aromatic heterocycles. The Hall–Kier alpha value is -2.22. The van der Waals surface area contributed by atoms with Gasteiger partial charge in [-0.25, -0.2) is 8.78 Å². The standard InChI is InChI=1S/C12H10F2N2O/c1-16(2)12(17)9(7-15)6-8-4-3-5-10(13)11(8)14/h3-6H,1-2H3/b9-6+. The predicted octanol–water partition coefficient (Wildman–Crippen LogP) is 1.96. The molecule has 0 radical (unpaired) electrons. The molecule has 0 unspecified atom stereocenters. The van der Waals surface area contributed by atoms with Crippen LogP contribution < -0.4 is 0 Å². The molecule has 17 heavy (non-hydrogen) atoms. The van der Waals surface area contributed by atoms with Gasteiger partial charge in [-0.1, -0.05) is 12.1 Å². The highest BCUT2D eigenvalue weighted by Crippen LogP contribution is 2.15. The Balaban J connectivity index is 3.21. The molecule has 0 saturated heterocycles. The zero-order valence-electron chi connectivity index (χ0n) is 9.37. The van der Waals surface area contributed by atoms with Crippen LogP contribution in [0.4, 0.5) is 8.78 Å². The van der Waals surface area contributed by atoms with Crippen LogP contribution in [-0.4, -0.2) is 24.9 Å². The Morgan fingerprint density at radius 2 is 2.06 bits per heavy atom. The summed E-state index contributed by atoms with van der Waals surface area (Å²) in [7, 11) is 2.94. The number of carbonyl (C=O) groups excluding carboxylic acids is 1. The number of hydrogen-bond donors (Lipinski definition) is 0. The number of halogens is 2. The van der Waals surface area contributed by atoms with Gasteiger partial charge < -0.3 is 4.90 Å². The second-order valence-corrected chi connectivity index (χ2v) is 3.51. The number of nitriles is 1. The van der Waals surface area contributed by atoms with E-state index in [4.69, 9.17) is 5.26 Å². The lowest BCUT2D eigenvalue weighted by Gasteiger charge is -2.08. The summed E-state index contributed by atoms with van der Waals surface area (Å²) in [6.07, 6.45) is 1.03. The van der Waals surface area contributed by atoms with E-state index in [1.165, 1.54) is 31.1 Å². The average Bonchev–Trinajstić information content (AvgIpc) is 2.30. The molecule has 0 aliphatic carbocycles.